The first-order chi connectivity index (χ1) is 15.0. The predicted molar refractivity (Wildman–Crippen MR) is 114 cm³/mol. The third kappa shape index (κ3) is 3.51. The lowest BCUT2D eigenvalue weighted by molar-refractivity contribution is 0.0915. The number of benzene rings is 1. The summed E-state index contributed by atoms with van der Waals surface area (Å²) in [6, 6.07) is 9.01. The van der Waals surface area contributed by atoms with Crippen LogP contribution in [-0.4, -0.2) is 55.8 Å². The summed E-state index contributed by atoms with van der Waals surface area (Å²) < 4.78 is 22.5. The van der Waals surface area contributed by atoms with Crippen molar-refractivity contribution in [3.8, 4) is 22.7 Å². The number of phenolic OH excluding ortho intramolecular Hbond substituents is 1. The van der Waals surface area contributed by atoms with Gasteiger partial charge in [-0.2, -0.15) is 5.10 Å². The topological polar surface area (TPSA) is 85.1 Å². The molecule has 31 heavy (non-hydrogen) atoms. The number of nitrogens with zero attached hydrogens (tertiary/aromatic N) is 4. The molecule has 1 unspecified atom stereocenters. The fraction of sp³-hybridized carbons (Fsp3) is 0.348. The van der Waals surface area contributed by atoms with E-state index < -0.39 is 11.7 Å². The summed E-state index contributed by atoms with van der Waals surface area (Å²) in [6.45, 7) is 1.90. The van der Waals surface area contributed by atoms with Crippen LogP contribution in [0.25, 0.3) is 23.0 Å². The second-order valence-corrected chi connectivity index (χ2v) is 8.45. The maximum absolute atomic E-state index is 15.2. The summed E-state index contributed by atoms with van der Waals surface area (Å²) in [6.07, 6.45) is 7.05. The standard InChI is InChI=1S/C23H24FN5O2/c1-23-12-21(31-2)19(26-23)10-14(22(23)24)9-15-3-6-18(28-27-15)17-5-4-16(11-20(17)30)29-8-7-25-13-29/h3-9,11,13,19,21-22,26,30H,10,12H2,1-2H3/b14-9+/t19?,21-,22+,23+/m1/s1. The van der Waals surface area contributed by atoms with E-state index in [0.29, 0.717) is 35.4 Å². The second kappa shape index (κ2) is 7.55. The second-order valence-electron chi connectivity index (χ2n) is 8.45. The smallest absolute Gasteiger partial charge is 0.139 e. The monoisotopic (exact) mass is 421 g/mol. The molecular weight excluding hydrogens is 397 g/mol. The lowest BCUT2D eigenvalue weighted by Crippen LogP contribution is -2.53. The van der Waals surface area contributed by atoms with Crippen LogP contribution >= 0.6 is 0 Å². The number of rotatable bonds is 4. The van der Waals surface area contributed by atoms with Gasteiger partial charge in [-0.25, -0.2) is 9.37 Å². The first kappa shape index (κ1) is 19.8. The van der Waals surface area contributed by atoms with Crippen LogP contribution in [0.4, 0.5) is 4.39 Å². The average molecular weight is 421 g/mol. The van der Waals surface area contributed by atoms with Gasteiger partial charge in [-0.05, 0) is 55.7 Å². The average Bonchev–Trinajstić information content (AvgIpc) is 3.40. The molecule has 2 fully saturated rings. The normalized spacial score (nSPS) is 28.9. The molecule has 0 spiro atoms. The molecule has 7 nitrogen and oxygen atoms in total. The largest absolute Gasteiger partial charge is 0.507 e. The molecule has 1 aromatic carbocycles. The Morgan fingerprint density at radius 1 is 1.29 bits per heavy atom. The molecule has 4 atom stereocenters. The van der Waals surface area contributed by atoms with Gasteiger partial charge >= 0.3 is 0 Å². The maximum Gasteiger partial charge on any atom is 0.139 e. The van der Waals surface area contributed by atoms with Crippen molar-refractivity contribution in [2.24, 2.45) is 0 Å². The molecule has 4 heterocycles. The maximum atomic E-state index is 15.2. The van der Waals surface area contributed by atoms with E-state index in [2.05, 4.69) is 20.5 Å². The number of piperidine rings is 1. The van der Waals surface area contributed by atoms with Gasteiger partial charge in [-0.15, -0.1) is 5.10 Å². The summed E-state index contributed by atoms with van der Waals surface area (Å²) in [5.74, 6) is 0.101. The van der Waals surface area contributed by atoms with E-state index in [1.807, 2.05) is 13.0 Å². The van der Waals surface area contributed by atoms with E-state index in [9.17, 15) is 5.11 Å². The number of aromatic hydroxyl groups is 1. The number of methoxy groups -OCH3 is 1. The van der Waals surface area contributed by atoms with E-state index in [-0.39, 0.29) is 17.9 Å². The van der Waals surface area contributed by atoms with Crippen molar-refractivity contribution in [1.29, 1.82) is 0 Å². The zero-order chi connectivity index (χ0) is 21.6. The lowest BCUT2D eigenvalue weighted by atomic mass is 9.86. The van der Waals surface area contributed by atoms with Gasteiger partial charge in [0.2, 0.25) is 0 Å². The highest BCUT2D eigenvalue weighted by Crippen LogP contribution is 2.42. The summed E-state index contributed by atoms with van der Waals surface area (Å²) in [5, 5.41) is 22.4. The number of aromatic nitrogens is 4. The Morgan fingerprint density at radius 2 is 2.16 bits per heavy atom. The SMILES string of the molecule is CO[C@@H]1C[C@]2(C)NC1C/C(=C\c1ccc(-c3ccc(-n4ccnc4)cc3O)nn1)[C@@H]2F. The number of fused-ring (bicyclic) bond motifs is 2. The molecule has 0 aliphatic carbocycles. The Bertz CT molecular complexity index is 1120. The van der Waals surface area contributed by atoms with Crippen LogP contribution in [0, 0.1) is 0 Å². The van der Waals surface area contributed by atoms with Crippen LogP contribution in [0.15, 0.2) is 54.6 Å². The van der Waals surface area contributed by atoms with Crippen LogP contribution in [0.5, 0.6) is 5.75 Å². The van der Waals surface area contributed by atoms with Gasteiger partial charge in [0.25, 0.3) is 0 Å². The van der Waals surface area contributed by atoms with Crippen molar-refractivity contribution < 1.29 is 14.2 Å². The van der Waals surface area contributed by atoms with Gasteiger partial charge in [-0.3, -0.25) is 0 Å². The van der Waals surface area contributed by atoms with Gasteiger partial charge in [-0.1, -0.05) is 0 Å². The lowest BCUT2D eigenvalue weighted by Gasteiger charge is -2.36. The van der Waals surface area contributed by atoms with E-state index in [1.165, 1.54) is 0 Å². The zero-order valence-electron chi connectivity index (χ0n) is 17.4. The molecular formula is C23H24FN5O2. The van der Waals surface area contributed by atoms with E-state index >= 15 is 4.39 Å². The van der Waals surface area contributed by atoms with Gasteiger partial charge in [0.05, 0.1) is 35.0 Å². The molecule has 2 saturated heterocycles. The molecule has 3 aromatic rings. The van der Waals surface area contributed by atoms with Crippen molar-refractivity contribution >= 4 is 6.08 Å². The minimum Gasteiger partial charge on any atom is -0.507 e. The molecule has 0 radical (unpaired) electrons. The van der Waals surface area contributed by atoms with Crippen LogP contribution in [0.1, 0.15) is 25.5 Å². The van der Waals surface area contributed by atoms with E-state index in [4.69, 9.17) is 4.74 Å². The number of ether oxygens (including phenoxy) is 1. The number of hydrogen-bond donors (Lipinski definition) is 2. The molecule has 0 saturated carbocycles. The highest BCUT2D eigenvalue weighted by molar-refractivity contribution is 5.69. The van der Waals surface area contributed by atoms with Gasteiger partial charge < -0.3 is 19.7 Å². The van der Waals surface area contributed by atoms with Gasteiger partial charge in [0.15, 0.2) is 0 Å². The van der Waals surface area contributed by atoms with Gasteiger partial charge in [0, 0.05) is 37.2 Å². The van der Waals surface area contributed by atoms with Crippen LogP contribution in [-0.2, 0) is 4.74 Å². The minimum atomic E-state index is -1.11. The predicted octanol–water partition coefficient (Wildman–Crippen LogP) is 3.30. The summed E-state index contributed by atoms with van der Waals surface area (Å²) in [5.41, 5.74) is 2.60. The van der Waals surface area contributed by atoms with Crippen LogP contribution in [0.3, 0.4) is 0 Å². The van der Waals surface area contributed by atoms with Gasteiger partial charge in [0.1, 0.15) is 11.9 Å². The van der Waals surface area contributed by atoms with Crippen molar-refractivity contribution in [3.63, 3.8) is 0 Å². The van der Waals surface area contributed by atoms with E-state index in [1.54, 1.807) is 60.7 Å². The number of imidazole rings is 1. The zero-order valence-corrected chi connectivity index (χ0v) is 17.4. The fourth-order valence-electron chi connectivity index (χ4n) is 4.70. The summed E-state index contributed by atoms with van der Waals surface area (Å²) in [4.78, 5) is 4.01. The summed E-state index contributed by atoms with van der Waals surface area (Å²) >= 11 is 0. The molecule has 2 N–H and O–H groups in total. The molecule has 5 rings (SSSR count). The summed E-state index contributed by atoms with van der Waals surface area (Å²) in [7, 11) is 1.68. The number of phenols is 1. The molecule has 2 aliphatic heterocycles. The Balaban J connectivity index is 1.38. The quantitative estimate of drug-likeness (QED) is 0.673. The van der Waals surface area contributed by atoms with E-state index in [0.717, 1.165) is 5.69 Å². The molecule has 160 valence electrons. The van der Waals surface area contributed by atoms with Crippen LogP contribution in [0.2, 0.25) is 0 Å². The third-order valence-electron chi connectivity index (χ3n) is 6.31. The molecule has 8 heteroatoms. The molecule has 2 aromatic heterocycles. The number of halogens is 1. The number of hydrogen-bond acceptors (Lipinski definition) is 6. The Kier molecular flexibility index (Phi) is 4.83. The highest BCUT2D eigenvalue weighted by atomic mass is 19.1. The van der Waals surface area contributed by atoms with Crippen molar-refractivity contribution in [3.05, 3.63) is 60.3 Å². The van der Waals surface area contributed by atoms with Crippen molar-refractivity contribution in [2.45, 2.75) is 43.6 Å². The minimum absolute atomic E-state index is 0.0101. The molecule has 2 aliphatic rings. The van der Waals surface area contributed by atoms with Crippen LogP contribution < -0.4 is 5.32 Å². The fourth-order valence-corrected chi connectivity index (χ4v) is 4.70. The Morgan fingerprint density at radius 3 is 2.84 bits per heavy atom. The first-order valence-corrected chi connectivity index (χ1v) is 10.3. The molecule has 2 bridgehead atoms. The van der Waals surface area contributed by atoms with Crippen molar-refractivity contribution in [2.75, 3.05) is 7.11 Å². The third-order valence-corrected chi connectivity index (χ3v) is 6.31. The Hall–Kier alpha value is -3.10. The first-order valence-electron chi connectivity index (χ1n) is 10.3. The Labute approximate surface area is 179 Å². The van der Waals surface area contributed by atoms with Crippen molar-refractivity contribution in [1.82, 2.24) is 25.1 Å². The number of nitrogens with one attached hydrogen (secondary N) is 1. The molecule has 0 amide bonds. The number of alkyl halides is 1. The highest BCUT2D eigenvalue weighted by Gasteiger charge is 2.52.